The number of nitrogens with one attached hydrogen (secondary N) is 1. The molecule has 3 aliphatic rings. The molecule has 1 aromatic rings. The van der Waals surface area contributed by atoms with Crippen molar-refractivity contribution in [2.75, 3.05) is 46.9 Å². The molecule has 2 N–H and O–H groups in total. The number of fused-ring (bicyclic) bond motifs is 2. The van der Waals surface area contributed by atoms with E-state index < -0.39 is 6.10 Å². The van der Waals surface area contributed by atoms with Crippen molar-refractivity contribution >= 4 is 0 Å². The summed E-state index contributed by atoms with van der Waals surface area (Å²) in [5.74, 6) is 0.844. The molecule has 5 atom stereocenters. The normalized spacial score (nSPS) is 35.6. The lowest BCUT2D eigenvalue weighted by Gasteiger charge is -2.46. The van der Waals surface area contributed by atoms with E-state index in [0.717, 1.165) is 37.5 Å². The molecule has 3 heterocycles. The first-order valence-electron chi connectivity index (χ1n) is 9.40. The zero-order chi connectivity index (χ0) is 18.1. The van der Waals surface area contributed by atoms with E-state index in [1.165, 1.54) is 0 Å². The predicted molar refractivity (Wildman–Crippen MR) is 97.1 cm³/mol. The first kappa shape index (κ1) is 18.2. The van der Waals surface area contributed by atoms with Gasteiger partial charge in [0, 0.05) is 32.7 Å². The second-order valence-corrected chi connectivity index (χ2v) is 7.45. The largest absolute Gasteiger partial charge is 0.497 e. The van der Waals surface area contributed by atoms with Gasteiger partial charge in [-0.3, -0.25) is 4.90 Å². The van der Waals surface area contributed by atoms with E-state index in [9.17, 15) is 5.11 Å². The van der Waals surface area contributed by atoms with E-state index in [1.807, 2.05) is 24.3 Å². The maximum Gasteiger partial charge on any atom is 0.176 e. The van der Waals surface area contributed by atoms with E-state index in [4.69, 9.17) is 14.2 Å². The highest BCUT2D eigenvalue weighted by molar-refractivity contribution is 5.27. The summed E-state index contributed by atoms with van der Waals surface area (Å²) in [6, 6.07) is 7.72. The Morgan fingerprint density at radius 3 is 2.62 bits per heavy atom. The second kappa shape index (κ2) is 7.80. The number of nitrogens with zero attached hydrogens (tertiary/aromatic N) is 2. The van der Waals surface area contributed by atoms with Crippen molar-refractivity contribution < 1.29 is 19.3 Å². The van der Waals surface area contributed by atoms with Gasteiger partial charge in [0.25, 0.3) is 0 Å². The quantitative estimate of drug-likeness (QED) is 0.756. The number of likely N-dealkylation sites (N-methyl/N-ethyl adjacent to an activating group) is 1. The molecular formula is C19H29N3O4. The standard InChI is InChI=1S/C19H29N3O4/c1-21-7-9-22(10-8-21)17-18(23)16(15-12-25-19(17)26-15)20-11-13-3-5-14(24-2)6-4-13/h3-6,15-20,23H,7-12H2,1-2H3/t15-,16-,17-,18+,19-/m1/s1. The Hall–Kier alpha value is -1.22. The van der Waals surface area contributed by atoms with Crippen LogP contribution in [0.25, 0.3) is 0 Å². The van der Waals surface area contributed by atoms with E-state index in [2.05, 4.69) is 22.2 Å². The van der Waals surface area contributed by atoms with Gasteiger partial charge in [-0.25, -0.2) is 0 Å². The number of ether oxygens (including phenoxy) is 3. The van der Waals surface area contributed by atoms with Crippen LogP contribution < -0.4 is 10.1 Å². The van der Waals surface area contributed by atoms with Crippen LogP contribution in [0, 0.1) is 0 Å². The Morgan fingerprint density at radius 2 is 1.92 bits per heavy atom. The maximum atomic E-state index is 11.1. The van der Waals surface area contributed by atoms with Gasteiger partial charge in [-0.1, -0.05) is 12.1 Å². The van der Waals surface area contributed by atoms with Crippen molar-refractivity contribution in [1.29, 1.82) is 0 Å². The smallest absolute Gasteiger partial charge is 0.176 e. The number of aliphatic hydroxyl groups is 1. The van der Waals surface area contributed by atoms with Crippen LogP contribution in [-0.4, -0.2) is 92.4 Å². The fraction of sp³-hybridized carbons (Fsp3) is 0.684. The van der Waals surface area contributed by atoms with Crippen LogP contribution >= 0.6 is 0 Å². The van der Waals surface area contributed by atoms with Crippen LogP contribution in [0.2, 0.25) is 0 Å². The first-order valence-corrected chi connectivity index (χ1v) is 9.40. The summed E-state index contributed by atoms with van der Waals surface area (Å²) in [6.07, 6.45) is -0.933. The van der Waals surface area contributed by atoms with E-state index in [0.29, 0.717) is 13.2 Å². The van der Waals surface area contributed by atoms with Gasteiger partial charge in [-0.05, 0) is 24.7 Å². The fourth-order valence-corrected chi connectivity index (χ4v) is 4.14. The summed E-state index contributed by atoms with van der Waals surface area (Å²) in [7, 11) is 3.80. The molecule has 0 aliphatic carbocycles. The van der Waals surface area contributed by atoms with Crippen molar-refractivity contribution in [1.82, 2.24) is 15.1 Å². The van der Waals surface area contributed by atoms with Gasteiger partial charge in [0.2, 0.25) is 0 Å². The predicted octanol–water partition coefficient (Wildman–Crippen LogP) is -0.115. The van der Waals surface area contributed by atoms with Gasteiger partial charge in [-0.2, -0.15) is 0 Å². The fourth-order valence-electron chi connectivity index (χ4n) is 4.14. The average molecular weight is 363 g/mol. The van der Waals surface area contributed by atoms with Crippen molar-refractivity contribution in [3.05, 3.63) is 29.8 Å². The van der Waals surface area contributed by atoms with Gasteiger partial charge < -0.3 is 29.5 Å². The van der Waals surface area contributed by atoms with E-state index in [-0.39, 0.29) is 24.5 Å². The van der Waals surface area contributed by atoms with Crippen LogP contribution in [-0.2, 0) is 16.0 Å². The summed E-state index contributed by atoms with van der Waals surface area (Å²) in [6.45, 7) is 5.07. The average Bonchev–Trinajstić information content (AvgIpc) is 3.09. The third-order valence-corrected chi connectivity index (χ3v) is 5.79. The maximum absolute atomic E-state index is 11.1. The lowest BCUT2D eigenvalue weighted by molar-refractivity contribution is -0.186. The monoisotopic (exact) mass is 363 g/mol. The molecule has 4 rings (SSSR count). The molecule has 144 valence electrons. The van der Waals surface area contributed by atoms with Crippen LogP contribution in [0.15, 0.2) is 24.3 Å². The third-order valence-electron chi connectivity index (χ3n) is 5.79. The summed E-state index contributed by atoms with van der Waals surface area (Å²) in [4.78, 5) is 4.63. The van der Waals surface area contributed by atoms with Gasteiger partial charge in [-0.15, -0.1) is 0 Å². The number of aliphatic hydroxyl groups excluding tert-OH is 1. The molecule has 3 fully saturated rings. The van der Waals surface area contributed by atoms with Gasteiger partial charge in [0.15, 0.2) is 6.29 Å². The molecule has 0 radical (unpaired) electrons. The molecule has 1 aromatic carbocycles. The number of methoxy groups -OCH3 is 1. The number of hydrogen-bond acceptors (Lipinski definition) is 7. The molecule has 0 spiro atoms. The van der Waals surface area contributed by atoms with Crippen molar-refractivity contribution in [3.8, 4) is 5.75 Å². The molecule has 3 saturated heterocycles. The van der Waals surface area contributed by atoms with Gasteiger partial charge >= 0.3 is 0 Å². The highest BCUT2D eigenvalue weighted by Crippen LogP contribution is 2.32. The molecule has 3 aliphatic heterocycles. The SMILES string of the molecule is COc1ccc(CN[C@H]2[C@H](O)[C@@H](N3CCN(C)CC3)[C@@H]3OC[C@H]2O3)cc1. The molecule has 26 heavy (non-hydrogen) atoms. The van der Waals surface area contributed by atoms with Gasteiger partial charge in [0.1, 0.15) is 11.9 Å². The van der Waals surface area contributed by atoms with Crippen LogP contribution in [0.3, 0.4) is 0 Å². The van der Waals surface area contributed by atoms with Crippen LogP contribution in [0.5, 0.6) is 5.75 Å². The number of rotatable bonds is 5. The molecule has 7 heteroatoms. The Balaban J connectivity index is 1.41. The number of benzene rings is 1. The third kappa shape index (κ3) is 3.60. The minimum atomic E-state index is -0.511. The van der Waals surface area contributed by atoms with Gasteiger partial charge in [0.05, 0.1) is 31.9 Å². The lowest BCUT2D eigenvalue weighted by Crippen LogP contribution is -2.66. The minimum Gasteiger partial charge on any atom is -0.497 e. The Morgan fingerprint density at radius 1 is 1.19 bits per heavy atom. The van der Waals surface area contributed by atoms with Crippen LogP contribution in [0.1, 0.15) is 5.56 Å². The zero-order valence-corrected chi connectivity index (χ0v) is 15.5. The molecule has 0 saturated carbocycles. The Kier molecular flexibility index (Phi) is 5.45. The topological polar surface area (TPSA) is 66.4 Å². The molecule has 7 nitrogen and oxygen atoms in total. The highest BCUT2D eigenvalue weighted by Gasteiger charge is 2.52. The molecule has 0 aromatic heterocycles. The van der Waals surface area contributed by atoms with E-state index >= 15 is 0 Å². The lowest BCUT2D eigenvalue weighted by atomic mass is 9.94. The van der Waals surface area contributed by atoms with Crippen molar-refractivity contribution in [2.45, 2.75) is 37.1 Å². The summed E-state index contributed by atoms with van der Waals surface area (Å²) < 4.78 is 17.1. The summed E-state index contributed by atoms with van der Waals surface area (Å²) >= 11 is 0. The molecule has 2 bridgehead atoms. The summed E-state index contributed by atoms with van der Waals surface area (Å²) in [5.41, 5.74) is 1.15. The van der Waals surface area contributed by atoms with E-state index in [1.54, 1.807) is 7.11 Å². The second-order valence-electron chi connectivity index (χ2n) is 7.45. The Bertz CT molecular complexity index is 591. The number of piperazine rings is 1. The zero-order valence-electron chi connectivity index (χ0n) is 15.5. The summed E-state index contributed by atoms with van der Waals surface area (Å²) in [5, 5.41) is 14.6. The van der Waals surface area contributed by atoms with Crippen LogP contribution in [0.4, 0.5) is 0 Å². The Labute approximate surface area is 154 Å². The molecule has 0 amide bonds. The highest BCUT2D eigenvalue weighted by atomic mass is 16.7. The van der Waals surface area contributed by atoms with Crippen molar-refractivity contribution in [2.24, 2.45) is 0 Å². The minimum absolute atomic E-state index is 0.100. The first-order chi connectivity index (χ1) is 12.7. The molecule has 0 unspecified atom stereocenters. The molecular weight excluding hydrogens is 334 g/mol. The number of hydrogen-bond donors (Lipinski definition) is 2. The van der Waals surface area contributed by atoms with Crippen molar-refractivity contribution in [3.63, 3.8) is 0 Å².